The van der Waals surface area contributed by atoms with Gasteiger partial charge in [-0.3, -0.25) is 0 Å². The Bertz CT molecular complexity index is 448. The number of aliphatic hydroxyl groups is 1. The van der Waals surface area contributed by atoms with Crippen LogP contribution in [0.4, 0.5) is 0 Å². The summed E-state index contributed by atoms with van der Waals surface area (Å²) in [6.07, 6.45) is -0.451. The summed E-state index contributed by atoms with van der Waals surface area (Å²) in [5, 5.41) is 10.0. The fourth-order valence-electron chi connectivity index (χ4n) is 2.54. The molecule has 0 radical (unpaired) electrons. The van der Waals surface area contributed by atoms with E-state index >= 15 is 0 Å². The van der Waals surface area contributed by atoms with Crippen LogP contribution in [0.1, 0.15) is 5.56 Å². The van der Waals surface area contributed by atoms with Crippen LogP contribution in [0, 0.1) is 0 Å². The van der Waals surface area contributed by atoms with Crippen molar-refractivity contribution in [3.05, 3.63) is 23.8 Å². The molecule has 1 atom stereocenters. The predicted molar refractivity (Wildman–Crippen MR) is 81.6 cm³/mol. The van der Waals surface area contributed by atoms with E-state index in [-0.39, 0.29) is 0 Å². The molecule has 6 nitrogen and oxygen atoms in total. The molecule has 2 rings (SSSR count). The van der Waals surface area contributed by atoms with Crippen LogP contribution in [0.3, 0.4) is 0 Å². The minimum absolute atomic E-state index is 0.332. The number of hydrogen-bond donors (Lipinski definition) is 2. The lowest BCUT2D eigenvalue weighted by Crippen LogP contribution is -3.15. The van der Waals surface area contributed by atoms with E-state index in [0.717, 1.165) is 31.9 Å². The van der Waals surface area contributed by atoms with Gasteiger partial charge >= 0.3 is 0 Å². The SMILES string of the molecule is COc1ccc(COC[C@H](O)C[NH+]2CCOCC2)cc1OC. The fourth-order valence-corrected chi connectivity index (χ4v) is 2.54. The molecule has 1 saturated heterocycles. The van der Waals surface area contributed by atoms with Crippen LogP contribution in [0.2, 0.25) is 0 Å². The third-order valence-corrected chi connectivity index (χ3v) is 3.75. The first kappa shape index (κ1) is 17.0. The van der Waals surface area contributed by atoms with Crippen molar-refractivity contribution >= 4 is 0 Å². The van der Waals surface area contributed by atoms with Gasteiger partial charge in [0.25, 0.3) is 0 Å². The lowest BCUT2D eigenvalue weighted by molar-refractivity contribution is -0.911. The van der Waals surface area contributed by atoms with Crippen molar-refractivity contribution in [2.24, 2.45) is 0 Å². The summed E-state index contributed by atoms with van der Waals surface area (Å²) in [5.41, 5.74) is 0.989. The second-order valence-corrected chi connectivity index (χ2v) is 5.42. The second-order valence-electron chi connectivity index (χ2n) is 5.42. The van der Waals surface area contributed by atoms with E-state index in [1.54, 1.807) is 14.2 Å². The molecule has 0 aromatic heterocycles. The molecular formula is C16H26NO5+. The first-order chi connectivity index (χ1) is 10.7. The predicted octanol–water partition coefficient (Wildman–Crippen LogP) is -0.504. The minimum Gasteiger partial charge on any atom is -0.493 e. The minimum atomic E-state index is -0.451. The number of benzene rings is 1. The first-order valence-corrected chi connectivity index (χ1v) is 7.61. The Morgan fingerprint density at radius 3 is 2.59 bits per heavy atom. The van der Waals surface area contributed by atoms with Crippen molar-refractivity contribution in [2.45, 2.75) is 12.7 Å². The number of rotatable bonds is 8. The highest BCUT2D eigenvalue weighted by Crippen LogP contribution is 2.27. The van der Waals surface area contributed by atoms with Crippen molar-refractivity contribution in [3.63, 3.8) is 0 Å². The third-order valence-electron chi connectivity index (χ3n) is 3.75. The Kier molecular flexibility index (Phi) is 6.92. The summed E-state index contributed by atoms with van der Waals surface area (Å²) in [4.78, 5) is 1.37. The van der Waals surface area contributed by atoms with Gasteiger partial charge in [0.1, 0.15) is 25.7 Å². The summed E-state index contributed by atoms with van der Waals surface area (Å²) in [7, 11) is 3.22. The number of aliphatic hydroxyl groups excluding tert-OH is 1. The quantitative estimate of drug-likeness (QED) is 0.677. The van der Waals surface area contributed by atoms with E-state index in [4.69, 9.17) is 18.9 Å². The molecule has 1 aromatic rings. The topological polar surface area (TPSA) is 61.6 Å². The molecule has 1 aliphatic heterocycles. The van der Waals surface area contributed by atoms with Crippen LogP contribution >= 0.6 is 0 Å². The van der Waals surface area contributed by atoms with Crippen LogP contribution in [0.5, 0.6) is 11.5 Å². The van der Waals surface area contributed by atoms with Crippen molar-refractivity contribution in [1.82, 2.24) is 0 Å². The second kappa shape index (κ2) is 8.95. The van der Waals surface area contributed by atoms with Crippen LogP contribution < -0.4 is 14.4 Å². The molecule has 0 saturated carbocycles. The number of ether oxygens (including phenoxy) is 4. The maximum atomic E-state index is 10.0. The fraction of sp³-hybridized carbons (Fsp3) is 0.625. The standard InChI is InChI=1S/C16H25NO5/c1-19-15-4-3-13(9-16(15)20-2)11-22-12-14(18)10-17-5-7-21-8-6-17/h3-4,9,14,18H,5-8,10-12H2,1-2H3/p+1/t14-/m1/s1. The van der Waals surface area contributed by atoms with E-state index in [2.05, 4.69) is 0 Å². The molecule has 0 aliphatic carbocycles. The number of nitrogens with one attached hydrogen (secondary N) is 1. The Balaban J connectivity index is 1.73. The molecule has 0 unspecified atom stereocenters. The Morgan fingerprint density at radius 2 is 1.91 bits per heavy atom. The largest absolute Gasteiger partial charge is 0.493 e. The molecule has 6 heteroatoms. The third kappa shape index (κ3) is 5.14. The van der Waals surface area contributed by atoms with E-state index in [1.165, 1.54) is 4.90 Å². The average molecular weight is 312 g/mol. The monoisotopic (exact) mass is 312 g/mol. The van der Waals surface area contributed by atoms with Gasteiger partial charge in [-0.15, -0.1) is 0 Å². The Hall–Kier alpha value is -1.34. The van der Waals surface area contributed by atoms with Gasteiger partial charge < -0.3 is 29.0 Å². The smallest absolute Gasteiger partial charge is 0.161 e. The normalized spacial score (nSPS) is 17.2. The summed E-state index contributed by atoms with van der Waals surface area (Å²) in [6, 6.07) is 5.67. The average Bonchev–Trinajstić information content (AvgIpc) is 2.55. The summed E-state index contributed by atoms with van der Waals surface area (Å²) in [5.74, 6) is 1.38. The molecule has 1 aliphatic rings. The van der Waals surface area contributed by atoms with Crippen LogP contribution in [-0.2, 0) is 16.1 Å². The molecule has 1 fully saturated rings. The molecule has 0 bridgehead atoms. The summed E-state index contributed by atoms with van der Waals surface area (Å²) < 4.78 is 21.4. The van der Waals surface area contributed by atoms with Crippen molar-refractivity contribution in [1.29, 1.82) is 0 Å². The maximum absolute atomic E-state index is 10.0. The molecule has 124 valence electrons. The Morgan fingerprint density at radius 1 is 1.18 bits per heavy atom. The van der Waals surface area contributed by atoms with Crippen LogP contribution in [0.25, 0.3) is 0 Å². The van der Waals surface area contributed by atoms with E-state index in [1.807, 2.05) is 18.2 Å². The lowest BCUT2D eigenvalue weighted by Gasteiger charge is -2.25. The van der Waals surface area contributed by atoms with Crippen molar-refractivity contribution in [3.8, 4) is 11.5 Å². The molecule has 1 heterocycles. The molecule has 1 aromatic carbocycles. The molecule has 0 spiro atoms. The Labute approximate surface area is 131 Å². The lowest BCUT2D eigenvalue weighted by atomic mass is 10.2. The van der Waals surface area contributed by atoms with Gasteiger partial charge in [0.15, 0.2) is 11.5 Å². The van der Waals surface area contributed by atoms with Gasteiger partial charge in [-0.25, -0.2) is 0 Å². The van der Waals surface area contributed by atoms with Gasteiger partial charge in [0, 0.05) is 0 Å². The zero-order valence-corrected chi connectivity index (χ0v) is 13.3. The zero-order valence-electron chi connectivity index (χ0n) is 13.3. The highest BCUT2D eigenvalue weighted by Gasteiger charge is 2.18. The van der Waals surface area contributed by atoms with Gasteiger partial charge in [-0.05, 0) is 17.7 Å². The molecule has 22 heavy (non-hydrogen) atoms. The van der Waals surface area contributed by atoms with Gasteiger partial charge in [-0.2, -0.15) is 0 Å². The number of hydrogen-bond acceptors (Lipinski definition) is 5. The maximum Gasteiger partial charge on any atom is 0.161 e. The zero-order chi connectivity index (χ0) is 15.8. The number of quaternary nitrogens is 1. The molecule has 2 N–H and O–H groups in total. The number of morpholine rings is 1. The van der Waals surface area contributed by atoms with Crippen LogP contribution in [-0.4, -0.2) is 64.9 Å². The summed E-state index contributed by atoms with van der Waals surface area (Å²) in [6.45, 7) is 4.92. The highest BCUT2D eigenvalue weighted by molar-refractivity contribution is 5.42. The molecule has 0 amide bonds. The van der Waals surface area contributed by atoms with Gasteiger partial charge in [0.05, 0.1) is 40.6 Å². The van der Waals surface area contributed by atoms with E-state index in [9.17, 15) is 5.11 Å². The highest BCUT2D eigenvalue weighted by atomic mass is 16.5. The van der Waals surface area contributed by atoms with Crippen molar-refractivity contribution in [2.75, 3.05) is 53.7 Å². The summed E-state index contributed by atoms with van der Waals surface area (Å²) >= 11 is 0. The van der Waals surface area contributed by atoms with E-state index in [0.29, 0.717) is 31.3 Å². The molecular weight excluding hydrogens is 286 g/mol. The van der Waals surface area contributed by atoms with Crippen molar-refractivity contribution < 1.29 is 29.0 Å². The van der Waals surface area contributed by atoms with Gasteiger partial charge in [-0.1, -0.05) is 6.07 Å². The van der Waals surface area contributed by atoms with E-state index < -0.39 is 6.10 Å². The number of methoxy groups -OCH3 is 2. The van der Waals surface area contributed by atoms with Crippen LogP contribution in [0.15, 0.2) is 18.2 Å². The first-order valence-electron chi connectivity index (χ1n) is 7.61. The van der Waals surface area contributed by atoms with Gasteiger partial charge in [0.2, 0.25) is 0 Å².